The molecule has 2 rings (SSSR count). The number of likely N-dealkylation sites (tertiary alicyclic amines) is 1. The van der Waals surface area contributed by atoms with Crippen molar-refractivity contribution < 1.29 is 0 Å². The Morgan fingerprint density at radius 1 is 1.00 bits per heavy atom. The largest absolute Gasteiger partial charge is 0.330 e. The molecule has 0 spiro atoms. The summed E-state index contributed by atoms with van der Waals surface area (Å²) in [6.07, 6.45) is 11.3. The smallest absolute Gasteiger partial charge is 0.00952 e. The molecule has 15 heavy (non-hydrogen) atoms. The molecule has 2 fully saturated rings. The molecule has 1 aliphatic heterocycles. The Kier molecular flexibility index (Phi) is 4.45. The maximum absolute atomic E-state index is 5.58. The molecule has 0 amide bonds. The van der Waals surface area contributed by atoms with E-state index in [1.54, 1.807) is 0 Å². The molecule has 1 atom stereocenters. The highest BCUT2D eigenvalue weighted by Crippen LogP contribution is 2.29. The van der Waals surface area contributed by atoms with Gasteiger partial charge in [0.1, 0.15) is 0 Å². The van der Waals surface area contributed by atoms with Crippen LogP contribution in [-0.4, -0.2) is 30.6 Å². The van der Waals surface area contributed by atoms with E-state index in [2.05, 4.69) is 4.90 Å². The van der Waals surface area contributed by atoms with Crippen molar-refractivity contribution in [1.82, 2.24) is 4.90 Å². The summed E-state index contributed by atoms with van der Waals surface area (Å²) in [6, 6.07) is 0.957. The SMILES string of the molecule is NCCCC1CCCN(C2CCC2)CC1. The zero-order valence-corrected chi connectivity index (χ0v) is 9.96. The van der Waals surface area contributed by atoms with Crippen molar-refractivity contribution >= 4 is 0 Å². The van der Waals surface area contributed by atoms with Gasteiger partial charge in [0.2, 0.25) is 0 Å². The normalized spacial score (nSPS) is 29.8. The molecule has 1 aliphatic carbocycles. The lowest BCUT2D eigenvalue weighted by Gasteiger charge is -2.36. The molecule has 0 radical (unpaired) electrons. The van der Waals surface area contributed by atoms with Crippen LogP contribution in [0.4, 0.5) is 0 Å². The van der Waals surface area contributed by atoms with Gasteiger partial charge >= 0.3 is 0 Å². The summed E-state index contributed by atoms with van der Waals surface area (Å²) in [5.41, 5.74) is 5.58. The van der Waals surface area contributed by atoms with E-state index in [0.29, 0.717) is 0 Å². The third kappa shape index (κ3) is 3.18. The van der Waals surface area contributed by atoms with Crippen molar-refractivity contribution in [2.45, 2.75) is 57.4 Å². The van der Waals surface area contributed by atoms with Gasteiger partial charge in [-0.2, -0.15) is 0 Å². The van der Waals surface area contributed by atoms with Crippen LogP contribution in [0.5, 0.6) is 0 Å². The molecule has 2 aliphatic rings. The van der Waals surface area contributed by atoms with Gasteiger partial charge in [0.15, 0.2) is 0 Å². The summed E-state index contributed by atoms with van der Waals surface area (Å²) < 4.78 is 0. The standard InChI is InChI=1S/C13H26N2/c14-9-2-4-12-5-3-10-15(11-8-12)13-6-1-7-13/h12-13H,1-11,14H2. The Hall–Kier alpha value is -0.0800. The average Bonchev–Trinajstić information content (AvgIpc) is 2.38. The second-order valence-electron chi connectivity index (χ2n) is 5.35. The summed E-state index contributed by atoms with van der Waals surface area (Å²) in [5.74, 6) is 0.971. The fraction of sp³-hybridized carbons (Fsp3) is 1.00. The third-order valence-electron chi connectivity index (χ3n) is 4.29. The van der Waals surface area contributed by atoms with E-state index >= 15 is 0 Å². The Morgan fingerprint density at radius 3 is 2.53 bits per heavy atom. The Bertz CT molecular complexity index is 177. The quantitative estimate of drug-likeness (QED) is 0.772. The van der Waals surface area contributed by atoms with E-state index in [1.807, 2.05) is 0 Å². The van der Waals surface area contributed by atoms with Crippen LogP contribution in [0.3, 0.4) is 0 Å². The van der Waals surface area contributed by atoms with Crippen LogP contribution in [0.25, 0.3) is 0 Å². The van der Waals surface area contributed by atoms with Gasteiger partial charge in [-0.3, -0.25) is 0 Å². The fourth-order valence-corrected chi connectivity index (χ4v) is 3.00. The Balaban J connectivity index is 1.71. The molecule has 1 unspecified atom stereocenters. The highest BCUT2D eigenvalue weighted by atomic mass is 15.2. The van der Waals surface area contributed by atoms with E-state index < -0.39 is 0 Å². The minimum absolute atomic E-state index is 0.878. The second-order valence-corrected chi connectivity index (χ2v) is 5.35. The molecule has 0 aromatic rings. The molecule has 0 bridgehead atoms. The summed E-state index contributed by atoms with van der Waals surface area (Å²) in [6.45, 7) is 3.60. The van der Waals surface area contributed by atoms with Crippen molar-refractivity contribution in [2.75, 3.05) is 19.6 Å². The van der Waals surface area contributed by atoms with Crippen molar-refractivity contribution in [3.8, 4) is 0 Å². The third-order valence-corrected chi connectivity index (χ3v) is 4.29. The summed E-state index contributed by atoms with van der Waals surface area (Å²) in [5, 5.41) is 0. The van der Waals surface area contributed by atoms with Crippen LogP contribution >= 0.6 is 0 Å². The van der Waals surface area contributed by atoms with Crippen molar-refractivity contribution in [3.05, 3.63) is 0 Å². The Labute approximate surface area is 94.2 Å². The lowest BCUT2D eigenvalue weighted by molar-refractivity contribution is 0.130. The lowest BCUT2D eigenvalue weighted by atomic mass is 9.91. The molecule has 0 aromatic heterocycles. The van der Waals surface area contributed by atoms with Gasteiger partial charge in [0.05, 0.1) is 0 Å². The van der Waals surface area contributed by atoms with Crippen LogP contribution in [0.2, 0.25) is 0 Å². The zero-order chi connectivity index (χ0) is 10.5. The minimum atomic E-state index is 0.878. The van der Waals surface area contributed by atoms with E-state index in [9.17, 15) is 0 Å². The number of rotatable bonds is 4. The molecular weight excluding hydrogens is 184 g/mol. The van der Waals surface area contributed by atoms with Crippen molar-refractivity contribution in [2.24, 2.45) is 11.7 Å². The molecule has 2 N–H and O–H groups in total. The fourth-order valence-electron chi connectivity index (χ4n) is 3.00. The van der Waals surface area contributed by atoms with Crippen LogP contribution in [-0.2, 0) is 0 Å². The minimum Gasteiger partial charge on any atom is -0.330 e. The second kappa shape index (κ2) is 5.86. The zero-order valence-electron chi connectivity index (χ0n) is 9.96. The van der Waals surface area contributed by atoms with Gasteiger partial charge < -0.3 is 10.6 Å². The van der Waals surface area contributed by atoms with Crippen molar-refractivity contribution in [3.63, 3.8) is 0 Å². The predicted molar refractivity (Wildman–Crippen MR) is 64.8 cm³/mol. The molecule has 2 nitrogen and oxygen atoms in total. The van der Waals surface area contributed by atoms with Gasteiger partial charge in [-0.15, -0.1) is 0 Å². The Morgan fingerprint density at radius 2 is 1.87 bits per heavy atom. The monoisotopic (exact) mass is 210 g/mol. The maximum Gasteiger partial charge on any atom is 0.00952 e. The predicted octanol–water partition coefficient (Wildman–Crippen LogP) is 2.38. The molecule has 88 valence electrons. The summed E-state index contributed by atoms with van der Waals surface area (Å²) in [4.78, 5) is 2.76. The molecule has 2 heteroatoms. The summed E-state index contributed by atoms with van der Waals surface area (Å²) >= 11 is 0. The van der Waals surface area contributed by atoms with Gasteiger partial charge in [0.25, 0.3) is 0 Å². The van der Waals surface area contributed by atoms with E-state index in [4.69, 9.17) is 5.73 Å². The first-order chi connectivity index (χ1) is 7.40. The van der Waals surface area contributed by atoms with Crippen LogP contribution in [0.15, 0.2) is 0 Å². The van der Waals surface area contributed by atoms with Crippen molar-refractivity contribution in [1.29, 1.82) is 0 Å². The first-order valence-corrected chi connectivity index (χ1v) is 6.84. The molecule has 0 aromatic carbocycles. The van der Waals surface area contributed by atoms with E-state index in [0.717, 1.165) is 18.5 Å². The molecular formula is C13H26N2. The first-order valence-electron chi connectivity index (χ1n) is 6.84. The van der Waals surface area contributed by atoms with Crippen LogP contribution in [0.1, 0.15) is 51.4 Å². The van der Waals surface area contributed by atoms with Crippen LogP contribution in [0, 0.1) is 5.92 Å². The number of nitrogens with two attached hydrogens (primary N) is 1. The van der Waals surface area contributed by atoms with Gasteiger partial charge in [-0.25, -0.2) is 0 Å². The lowest BCUT2D eigenvalue weighted by Crippen LogP contribution is -2.40. The number of hydrogen-bond acceptors (Lipinski definition) is 2. The maximum atomic E-state index is 5.58. The number of hydrogen-bond donors (Lipinski definition) is 1. The van der Waals surface area contributed by atoms with Gasteiger partial charge in [-0.05, 0) is 70.5 Å². The van der Waals surface area contributed by atoms with Crippen LogP contribution < -0.4 is 5.73 Å². The molecule has 1 saturated carbocycles. The topological polar surface area (TPSA) is 29.3 Å². The molecule has 1 saturated heterocycles. The van der Waals surface area contributed by atoms with E-state index in [1.165, 1.54) is 64.5 Å². The first kappa shape index (κ1) is 11.4. The highest BCUT2D eigenvalue weighted by Gasteiger charge is 2.26. The summed E-state index contributed by atoms with van der Waals surface area (Å²) in [7, 11) is 0. The number of nitrogens with zero attached hydrogens (tertiary/aromatic N) is 1. The molecule has 1 heterocycles. The average molecular weight is 210 g/mol. The van der Waals surface area contributed by atoms with E-state index in [-0.39, 0.29) is 0 Å². The van der Waals surface area contributed by atoms with Gasteiger partial charge in [0, 0.05) is 6.04 Å². The van der Waals surface area contributed by atoms with Gasteiger partial charge in [-0.1, -0.05) is 6.42 Å². The highest BCUT2D eigenvalue weighted by molar-refractivity contribution is 4.82.